The minimum Gasteiger partial charge on any atom is -0.342 e. The minimum atomic E-state index is -0.226. The summed E-state index contributed by atoms with van der Waals surface area (Å²) < 4.78 is 13.0. The summed E-state index contributed by atoms with van der Waals surface area (Å²) in [5.74, 6) is 0.850. The molecule has 1 aliphatic carbocycles. The normalized spacial score (nSPS) is 16.8. The van der Waals surface area contributed by atoms with Crippen molar-refractivity contribution in [2.24, 2.45) is 5.92 Å². The Hall–Kier alpha value is -1.21. The number of halogens is 3. The molecule has 4 rings (SSSR count). The van der Waals surface area contributed by atoms with E-state index in [2.05, 4.69) is 10.3 Å². The molecule has 29 heavy (non-hydrogen) atoms. The Kier molecular flexibility index (Phi) is 9.34. The van der Waals surface area contributed by atoms with Gasteiger partial charge in [-0.15, -0.1) is 36.2 Å². The Morgan fingerprint density at radius 2 is 1.83 bits per heavy atom. The van der Waals surface area contributed by atoms with E-state index in [9.17, 15) is 9.18 Å². The van der Waals surface area contributed by atoms with E-state index >= 15 is 0 Å². The molecule has 1 aromatic heterocycles. The average molecular weight is 460 g/mol. The molecule has 4 nitrogen and oxygen atoms in total. The van der Waals surface area contributed by atoms with E-state index < -0.39 is 0 Å². The Morgan fingerprint density at radius 3 is 2.48 bits per heavy atom. The van der Waals surface area contributed by atoms with Crippen molar-refractivity contribution in [2.75, 3.05) is 19.6 Å². The number of likely N-dealkylation sites (tertiary alicyclic amines) is 1. The number of nitrogens with one attached hydrogen (secondary N) is 1. The van der Waals surface area contributed by atoms with Crippen LogP contribution in [-0.2, 0) is 17.6 Å². The number of hydrogen-bond acceptors (Lipinski definition) is 4. The van der Waals surface area contributed by atoms with E-state index in [0.717, 1.165) is 54.7 Å². The maximum atomic E-state index is 13.0. The number of aromatic nitrogens is 1. The van der Waals surface area contributed by atoms with Crippen LogP contribution in [0.2, 0.25) is 0 Å². The number of benzene rings is 1. The first-order valence-corrected chi connectivity index (χ1v) is 10.7. The van der Waals surface area contributed by atoms with E-state index in [1.807, 2.05) is 10.3 Å². The van der Waals surface area contributed by atoms with Gasteiger partial charge in [-0.3, -0.25) is 4.79 Å². The van der Waals surface area contributed by atoms with Gasteiger partial charge in [0.1, 0.15) is 5.82 Å². The monoisotopic (exact) mass is 459 g/mol. The zero-order chi connectivity index (χ0) is 18.6. The largest absolute Gasteiger partial charge is 0.342 e. The van der Waals surface area contributed by atoms with Gasteiger partial charge in [0, 0.05) is 30.9 Å². The molecule has 0 spiro atoms. The van der Waals surface area contributed by atoms with Crippen LogP contribution in [0.4, 0.5) is 4.39 Å². The highest BCUT2D eigenvalue weighted by molar-refractivity contribution is 7.09. The van der Waals surface area contributed by atoms with Crippen molar-refractivity contribution in [3.63, 3.8) is 0 Å². The van der Waals surface area contributed by atoms with Crippen LogP contribution in [0.1, 0.15) is 41.9 Å². The highest BCUT2D eigenvalue weighted by Crippen LogP contribution is 2.28. The molecule has 0 radical (unpaired) electrons. The van der Waals surface area contributed by atoms with E-state index in [0.29, 0.717) is 18.9 Å². The highest BCUT2D eigenvalue weighted by Gasteiger charge is 2.26. The third kappa shape index (κ3) is 7.21. The molecule has 0 unspecified atom stereocenters. The van der Waals surface area contributed by atoms with Gasteiger partial charge in [-0.05, 0) is 55.8 Å². The second kappa shape index (κ2) is 11.3. The molecule has 2 fully saturated rings. The van der Waals surface area contributed by atoms with Crippen LogP contribution in [0.3, 0.4) is 0 Å². The fourth-order valence-corrected chi connectivity index (χ4v) is 4.37. The molecule has 1 aliphatic heterocycles. The Labute approximate surface area is 188 Å². The minimum absolute atomic E-state index is 0. The van der Waals surface area contributed by atoms with Crippen molar-refractivity contribution in [2.45, 2.75) is 44.6 Å². The predicted octanol–water partition coefficient (Wildman–Crippen LogP) is 4.25. The van der Waals surface area contributed by atoms with Gasteiger partial charge < -0.3 is 10.2 Å². The van der Waals surface area contributed by atoms with Crippen molar-refractivity contribution in [3.05, 3.63) is 51.7 Å². The quantitative estimate of drug-likeness (QED) is 0.672. The highest BCUT2D eigenvalue weighted by atomic mass is 35.5. The van der Waals surface area contributed by atoms with Gasteiger partial charge >= 0.3 is 0 Å². The van der Waals surface area contributed by atoms with Crippen molar-refractivity contribution in [1.29, 1.82) is 0 Å². The SMILES string of the molecule is Cl.Cl.O=C(Cc1csc(Cc2ccc(F)cc2)n1)N1CCC(NCC2CC2)CC1. The van der Waals surface area contributed by atoms with E-state index in [1.165, 1.54) is 25.0 Å². The van der Waals surface area contributed by atoms with Crippen molar-refractivity contribution >= 4 is 42.1 Å². The molecule has 8 heteroatoms. The third-order valence-electron chi connectivity index (χ3n) is 5.44. The zero-order valence-corrected chi connectivity index (χ0v) is 18.8. The van der Waals surface area contributed by atoms with Gasteiger partial charge in [0.05, 0.1) is 17.1 Å². The van der Waals surface area contributed by atoms with Gasteiger partial charge in [0.25, 0.3) is 0 Å². The molecule has 1 saturated carbocycles. The topological polar surface area (TPSA) is 45.2 Å². The lowest BCUT2D eigenvalue weighted by atomic mass is 10.0. The molecule has 0 atom stereocenters. The first-order valence-electron chi connectivity index (χ1n) is 9.84. The van der Waals surface area contributed by atoms with Gasteiger partial charge in [0.2, 0.25) is 5.91 Å². The summed E-state index contributed by atoms with van der Waals surface area (Å²) in [6, 6.07) is 7.06. The number of amides is 1. The van der Waals surface area contributed by atoms with Crippen molar-refractivity contribution in [1.82, 2.24) is 15.2 Å². The first kappa shape index (κ1) is 24.1. The molecule has 160 valence electrons. The lowest BCUT2D eigenvalue weighted by molar-refractivity contribution is -0.131. The number of rotatable bonds is 7. The Balaban J connectivity index is 0.00000150. The molecule has 2 heterocycles. The zero-order valence-electron chi connectivity index (χ0n) is 16.3. The number of nitrogens with zero attached hydrogens (tertiary/aromatic N) is 2. The van der Waals surface area contributed by atoms with Gasteiger partial charge in [-0.25, -0.2) is 9.37 Å². The molecule has 1 saturated heterocycles. The second-order valence-corrected chi connectivity index (χ2v) is 8.66. The summed E-state index contributed by atoms with van der Waals surface area (Å²) in [5.41, 5.74) is 1.88. The summed E-state index contributed by atoms with van der Waals surface area (Å²) in [6.45, 7) is 2.83. The summed E-state index contributed by atoms with van der Waals surface area (Å²) in [5, 5.41) is 6.59. The molecular formula is C21H28Cl2FN3OS. The molecule has 1 amide bonds. The molecule has 2 aliphatic rings. The van der Waals surface area contributed by atoms with Crippen LogP contribution in [0.25, 0.3) is 0 Å². The van der Waals surface area contributed by atoms with Gasteiger partial charge in [0.15, 0.2) is 0 Å². The fraction of sp³-hybridized carbons (Fsp3) is 0.524. The lowest BCUT2D eigenvalue weighted by Gasteiger charge is -2.32. The van der Waals surface area contributed by atoms with Gasteiger partial charge in [-0.1, -0.05) is 12.1 Å². The predicted molar refractivity (Wildman–Crippen MR) is 120 cm³/mol. The standard InChI is InChI=1S/C21H26FN3OS.2ClH/c22-17-5-3-15(4-6-17)11-20-24-19(14-27-20)12-21(26)25-9-7-18(8-10-25)23-13-16-1-2-16;;/h3-6,14,16,18,23H,1-2,7-13H2;2*1H. The maximum absolute atomic E-state index is 13.0. The first-order chi connectivity index (χ1) is 13.2. The van der Waals surface area contributed by atoms with Crippen LogP contribution in [0.5, 0.6) is 0 Å². The number of carbonyl (C=O) groups excluding carboxylic acids is 1. The van der Waals surface area contributed by atoms with Gasteiger partial charge in [-0.2, -0.15) is 0 Å². The summed E-state index contributed by atoms with van der Waals surface area (Å²) in [7, 11) is 0. The van der Waals surface area contributed by atoms with Crippen LogP contribution < -0.4 is 5.32 Å². The van der Waals surface area contributed by atoms with E-state index in [1.54, 1.807) is 23.5 Å². The van der Waals surface area contributed by atoms with E-state index in [4.69, 9.17) is 0 Å². The molecule has 0 bridgehead atoms. The maximum Gasteiger partial charge on any atom is 0.228 e. The van der Waals surface area contributed by atoms with Crippen molar-refractivity contribution < 1.29 is 9.18 Å². The lowest BCUT2D eigenvalue weighted by Crippen LogP contribution is -2.45. The summed E-state index contributed by atoms with van der Waals surface area (Å²) in [6.07, 6.45) is 5.90. The Bertz CT molecular complexity index is 774. The van der Waals surface area contributed by atoms with Crippen molar-refractivity contribution in [3.8, 4) is 0 Å². The molecule has 2 aromatic rings. The smallest absolute Gasteiger partial charge is 0.228 e. The third-order valence-corrected chi connectivity index (χ3v) is 6.34. The molecule has 1 N–H and O–H groups in total. The van der Waals surface area contributed by atoms with Crippen LogP contribution in [0.15, 0.2) is 29.6 Å². The van der Waals surface area contributed by atoms with Crippen LogP contribution in [0, 0.1) is 11.7 Å². The van der Waals surface area contributed by atoms with Crippen LogP contribution in [-0.4, -0.2) is 41.5 Å². The molecular weight excluding hydrogens is 432 g/mol. The number of piperidine rings is 1. The number of carbonyl (C=O) groups is 1. The molecule has 1 aromatic carbocycles. The fourth-order valence-electron chi connectivity index (χ4n) is 3.54. The summed E-state index contributed by atoms with van der Waals surface area (Å²) in [4.78, 5) is 19.2. The van der Waals surface area contributed by atoms with E-state index in [-0.39, 0.29) is 36.5 Å². The Morgan fingerprint density at radius 1 is 1.14 bits per heavy atom. The summed E-state index contributed by atoms with van der Waals surface area (Å²) >= 11 is 1.57. The number of hydrogen-bond donors (Lipinski definition) is 1. The van der Waals surface area contributed by atoms with Crippen LogP contribution >= 0.6 is 36.2 Å². The number of thiazole rings is 1. The average Bonchev–Trinajstić information content (AvgIpc) is 3.42. The second-order valence-electron chi connectivity index (χ2n) is 7.72.